The molecule has 204 valence electrons. The van der Waals surface area contributed by atoms with Crippen LogP contribution in [0, 0.1) is 0 Å². The van der Waals surface area contributed by atoms with Crippen molar-refractivity contribution in [3.8, 4) is 5.75 Å². The van der Waals surface area contributed by atoms with Crippen LogP contribution in [0.15, 0.2) is 38.6 Å². The fourth-order valence-corrected chi connectivity index (χ4v) is 6.71. The lowest BCUT2D eigenvalue weighted by molar-refractivity contribution is -0.0518. The van der Waals surface area contributed by atoms with Gasteiger partial charge in [-0.15, -0.1) is 0 Å². The molecule has 0 saturated carbocycles. The van der Waals surface area contributed by atoms with Crippen molar-refractivity contribution in [3.63, 3.8) is 0 Å². The molecular formula is C22H25BrClF3N4O5S. The zero-order valence-electron chi connectivity index (χ0n) is 19.5. The molecule has 1 atom stereocenters. The highest BCUT2D eigenvalue weighted by Gasteiger charge is 2.35. The van der Waals surface area contributed by atoms with Crippen LogP contribution in [-0.4, -0.2) is 67.6 Å². The maximum atomic E-state index is 14.8. The Kier molecular flexibility index (Phi) is 8.73. The number of hydrogen-bond donors (Lipinski definition) is 1. The van der Waals surface area contributed by atoms with E-state index in [2.05, 4.69) is 31.1 Å². The van der Waals surface area contributed by atoms with Gasteiger partial charge in [0.15, 0.2) is 5.67 Å². The van der Waals surface area contributed by atoms with Crippen LogP contribution in [0.5, 0.6) is 5.75 Å². The topological polar surface area (TPSA) is 103 Å². The SMILES string of the molecule is O=c1c(Cl)c(NC[C@@]2(F)CCCOC2)cnn1C1CCN(S(=O)(=O)c2cc(Br)ccc2OC(F)F)CC1. The number of ether oxygens (including phenoxy) is 2. The van der Waals surface area contributed by atoms with Gasteiger partial charge in [-0.2, -0.15) is 18.2 Å². The van der Waals surface area contributed by atoms with E-state index in [1.165, 1.54) is 23.0 Å². The summed E-state index contributed by atoms with van der Waals surface area (Å²) < 4.78 is 79.2. The van der Waals surface area contributed by atoms with E-state index in [1.807, 2.05) is 0 Å². The largest absolute Gasteiger partial charge is 0.433 e. The molecule has 37 heavy (non-hydrogen) atoms. The number of piperidine rings is 1. The predicted molar refractivity (Wildman–Crippen MR) is 134 cm³/mol. The van der Waals surface area contributed by atoms with Crippen LogP contribution in [-0.2, 0) is 14.8 Å². The van der Waals surface area contributed by atoms with Crippen LogP contribution in [0.1, 0.15) is 31.7 Å². The van der Waals surface area contributed by atoms with Gasteiger partial charge < -0.3 is 14.8 Å². The van der Waals surface area contributed by atoms with E-state index < -0.39 is 39.7 Å². The summed E-state index contributed by atoms with van der Waals surface area (Å²) in [6.07, 6.45) is 2.75. The molecule has 0 bridgehead atoms. The van der Waals surface area contributed by atoms with Gasteiger partial charge in [0.25, 0.3) is 5.56 Å². The van der Waals surface area contributed by atoms with Crippen LogP contribution in [0.3, 0.4) is 0 Å². The fourth-order valence-electron chi connectivity index (χ4n) is 4.38. The first-order valence-corrected chi connectivity index (χ1v) is 14.1. The molecule has 0 unspecified atom stereocenters. The number of hydrogen-bond acceptors (Lipinski definition) is 7. The van der Waals surface area contributed by atoms with Crippen molar-refractivity contribution in [2.75, 3.05) is 38.2 Å². The van der Waals surface area contributed by atoms with E-state index in [4.69, 9.17) is 16.3 Å². The van der Waals surface area contributed by atoms with Crippen molar-refractivity contribution in [2.45, 2.75) is 48.9 Å². The third-order valence-electron chi connectivity index (χ3n) is 6.32. The zero-order valence-corrected chi connectivity index (χ0v) is 22.7. The van der Waals surface area contributed by atoms with Crippen LogP contribution in [0.4, 0.5) is 18.9 Å². The van der Waals surface area contributed by atoms with Crippen molar-refractivity contribution in [2.24, 2.45) is 0 Å². The second-order valence-corrected chi connectivity index (χ2v) is 12.1. The number of halogens is 5. The molecule has 0 amide bonds. The lowest BCUT2D eigenvalue weighted by Crippen LogP contribution is -2.42. The van der Waals surface area contributed by atoms with Crippen molar-refractivity contribution in [1.82, 2.24) is 14.1 Å². The van der Waals surface area contributed by atoms with Crippen molar-refractivity contribution in [1.29, 1.82) is 0 Å². The second-order valence-electron chi connectivity index (χ2n) is 8.89. The molecule has 3 heterocycles. The number of rotatable bonds is 8. The maximum Gasteiger partial charge on any atom is 0.387 e. The van der Waals surface area contributed by atoms with Gasteiger partial charge in [-0.25, -0.2) is 17.5 Å². The summed E-state index contributed by atoms with van der Waals surface area (Å²) in [7, 11) is -4.16. The number of benzene rings is 1. The van der Waals surface area contributed by atoms with Crippen LogP contribution in [0.2, 0.25) is 5.02 Å². The van der Waals surface area contributed by atoms with E-state index in [0.717, 1.165) is 10.4 Å². The van der Waals surface area contributed by atoms with E-state index in [-0.39, 0.29) is 54.7 Å². The summed E-state index contributed by atoms with van der Waals surface area (Å²) in [6, 6.07) is 3.32. The van der Waals surface area contributed by atoms with Gasteiger partial charge in [0.1, 0.15) is 15.7 Å². The molecule has 0 radical (unpaired) electrons. The second kappa shape index (κ2) is 11.5. The van der Waals surface area contributed by atoms with Crippen LogP contribution in [0.25, 0.3) is 0 Å². The molecule has 2 aromatic rings. The minimum atomic E-state index is -4.16. The first-order valence-electron chi connectivity index (χ1n) is 11.5. The van der Waals surface area contributed by atoms with E-state index in [1.54, 1.807) is 0 Å². The van der Waals surface area contributed by atoms with Gasteiger partial charge in [-0.3, -0.25) is 4.79 Å². The number of nitrogens with one attached hydrogen (secondary N) is 1. The number of nitrogens with zero attached hydrogens (tertiary/aromatic N) is 3. The Morgan fingerprint density at radius 2 is 2.05 bits per heavy atom. The van der Waals surface area contributed by atoms with Crippen LogP contribution < -0.4 is 15.6 Å². The fraction of sp³-hybridized carbons (Fsp3) is 0.545. The van der Waals surface area contributed by atoms with Gasteiger partial charge in [-0.05, 0) is 43.9 Å². The molecule has 4 rings (SSSR count). The summed E-state index contributed by atoms with van der Waals surface area (Å²) in [4.78, 5) is 12.5. The van der Waals surface area contributed by atoms with E-state index >= 15 is 0 Å². The highest BCUT2D eigenvalue weighted by Crippen LogP contribution is 2.34. The lowest BCUT2D eigenvalue weighted by Gasteiger charge is -2.32. The smallest absolute Gasteiger partial charge is 0.387 e. The van der Waals surface area contributed by atoms with Crippen molar-refractivity contribution >= 4 is 43.2 Å². The Morgan fingerprint density at radius 3 is 2.70 bits per heavy atom. The molecular weight excluding hydrogens is 605 g/mol. The third-order valence-corrected chi connectivity index (χ3v) is 9.10. The van der Waals surface area contributed by atoms with Gasteiger partial charge in [0.05, 0.1) is 31.1 Å². The zero-order chi connectivity index (χ0) is 26.8. The highest BCUT2D eigenvalue weighted by molar-refractivity contribution is 9.10. The molecule has 15 heteroatoms. The molecule has 2 saturated heterocycles. The Balaban J connectivity index is 1.45. The average Bonchev–Trinajstić information content (AvgIpc) is 2.86. The third kappa shape index (κ3) is 6.41. The maximum absolute atomic E-state index is 14.8. The Labute approximate surface area is 225 Å². The standard InChI is InChI=1S/C22H25BrClF3N4O5S/c23-14-2-3-17(36-21(25)26)18(10-14)37(33,34)30-7-4-15(5-8-30)31-20(32)19(24)16(11-29-31)28-12-22(27)6-1-9-35-13-22/h2-3,10-11,15,21,28H,1,4-9,12-13H2/t22-/m0/s1. The number of anilines is 1. The summed E-state index contributed by atoms with van der Waals surface area (Å²) >= 11 is 9.42. The van der Waals surface area contributed by atoms with Crippen molar-refractivity contribution < 1.29 is 31.1 Å². The molecule has 0 spiro atoms. The number of aromatic nitrogens is 2. The van der Waals surface area contributed by atoms with E-state index in [0.29, 0.717) is 23.9 Å². The summed E-state index contributed by atoms with van der Waals surface area (Å²) in [6.45, 7) is -2.77. The Morgan fingerprint density at radius 1 is 1.32 bits per heavy atom. The number of alkyl halides is 3. The summed E-state index contributed by atoms with van der Waals surface area (Å²) in [5.41, 5.74) is -1.95. The quantitative estimate of drug-likeness (QED) is 0.467. The number of sulfonamides is 1. The lowest BCUT2D eigenvalue weighted by atomic mass is 9.99. The molecule has 9 nitrogen and oxygen atoms in total. The Hall–Kier alpha value is -1.87. The first-order chi connectivity index (χ1) is 17.5. The highest BCUT2D eigenvalue weighted by atomic mass is 79.9. The molecule has 1 aromatic heterocycles. The molecule has 1 N–H and O–H groups in total. The van der Waals surface area contributed by atoms with Gasteiger partial charge in [-0.1, -0.05) is 27.5 Å². The van der Waals surface area contributed by atoms with Crippen LogP contribution >= 0.6 is 27.5 Å². The predicted octanol–water partition coefficient (Wildman–Crippen LogP) is 4.22. The summed E-state index contributed by atoms with van der Waals surface area (Å²) in [5, 5.41) is 6.88. The summed E-state index contributed by atoms with van der Waals surface area (Å²) in [5.74, 6) is -0.456. The van der Waals surface area contributed by atoms with Crippen molar-refractivity contribution in [3.05, 3.63) is 44.2 Å². The Bertz CT molecular complexity index is 1290. The van der Waals surface area contributed by atoms with Gasteiger partial charge in [0.2, 0.25) is 10.0 Å². The average molecular weight is 630 g/mol. The van der Waals surface area contributed by atoms with Gasteiger partial charge in [0, 0.05) is 24.2 Å². The van der Waals surface area contributed by atoms with E-state index in [9.17, 15) is 26.4 Å². The monoisotopic (exact) mass is 628 g/mol. The minimum Gasteiger partial charge on any atom is -0.433 e. The molecule has 2 aliphatic heterocycles. The molecule has 1 aromatic carbocycles. The molecule has 2 fully saturated rings. The molecule has 2 aliphatic rings. The minimum absolute atomic E-state index is 0.0176. The molecule has 0 aliphatic carbocycles. The normalized spacial score (nSPS) is 21.8. The first kappa shape index (κ1) is 28.1. The van der Waals surface area contributed by atoms with Gasteiger partial charge >= 0.3 is 6.61 Å².